The SMILES string of the molecule is CC(O)c1ccc(O)cc1.NCCCC1=CC=CCC=C1. The largest absolute Gasteiger partial charge is 0.508 e. The van der Waals surface area contributed by atoms with Crippen LogP contribution in [0, 0.1) is 0 Å². The van der Waals surface area contributed by atoms with Crippen molar-refractivity contribution in [2.75, 3.05) is 6.54 Å². The lowest BCUT2D eigenvalue weighted by molar-refractivity contribution is 0.199. The number of aromatic hydroxyl groups is 1. The third-order valence-electron chi connectivity index (χ3n) is 3.10. The van der Waals surface area contributed by atoms with Gasteiger partial charge in [0, 0.05) is 0 Å². The fourth-order valence-corrected chi connectivity index (χ4v) is 1.85. The predicted octanol–water partition coefficient (Wildman–Crippen LogP) is 3.61. The number of phenolic OH excluding ortho intramolecular Hbond substituents is 1. The van der Waals surface area contributed by atoms with E-state index in [9.17, 15) is 0 Å². The summed E-state index contributed by atoms with van der Waals surface area (Å²) in [6.07, 6.45) is 13.6. The van der Waals surface area contributed by atoms with Crippen LogP contribution in [0.5, 0.6) is 5.75 Å². The van der Waals surface area contributed by atoms with Crippen molar-refractivity contribution in [3.05, 3.63) is 65.8 Å². The van der Waals surface area contributed by atoms with Crippen molar-refractivity contribution in [3.63, 3.8) is 0 Å². The van der Waals surface area contributed by atoms with Crippen LogP contribution in [0.2, 0.25) is 0 Å². The Labute approximate surface area is 127 Å². The first-order chi connectivity index (χ1) is 10.1. The van der Waals surface area contributed by atoms with Crippen molar-refractivity contribution in [3.8, 4) is 5.75 Å². The molecule has 4 N–H and O–H groups in total. The zero-order valence-electron chi connectivity index (χ0n) is 12.6. The molecule has 3 heteroatoms. The summed E-state index contributed by atoms with van der Waals surface area (Å²) in [5.74, 6) is 0.226. The van der Waals surface area contributed by atoms with Gasteiger partial charge in [-0.15, -0.1) is 0 Å². The highest BCUT2D eigenvalue weighted by Crippen LogP contribution is 2.15. The second-order valence-corrected chi connectivity index (χ2v) is 4.97. The molecule has 1 atom stereocenters. The van der Waals surface area contributed by atoms with Gasteiger partial charge in [0.05, 0.1) is 6.10 Å². The molecule has 0 saturated carbocycles. The van der Waals surface area contributed by atoms with Crippen molar-refractivity contribution < 1.29 is 10.2 Å². The average Bonchev–Trinajstić information content (AvgIpc) is 2.75. The summed E-state index contributed by atoms with van der Waals surface area (Å²) >= 11 is 0. The van der Waals surface area contributed by atoms with Crippen LogP contribution in [-0.2, 0) is 0 Å². The molecule has 0 heterocycles. The smallest absolute Gasteiger partial charge is 0.115 e. The Hall–Kier alpha value is -1.84. The van der Waals surface area contributed by atoms with Crippen molar-refractivity contribution in [1.82, 2.24) is 0 Å². The molecule has 0 spiro atoms. The molecule has 21 heavy (non-hydrogen) atoms. The summed E-state index contributed by atoms with van der Waals surface area (Å²) < 4.78 is 0. The summed E-state index contributed by atoms with van der Waals surface area (Å²) in [7, 11) is 0. The second-order valence-electron chi connectivity index (χ2n) is 4.97. The Morgan fingerprint density at radius 2 is 1.90 bits per heavy atom. The quantitative estimate of drug-likeness (QED) is 0.792. The molecule has 0 aliphatic heterocycles. The molecule has 1 unspecified atom stereocenters. The van der Waals surface area contributed by atoms with Crippen molar-refractivity contribution in [2.24, 2.45) is 5.73 Å². The van der Waals surface area contributed by atoms with Crippen LogP contribution >= 0.6 is 0 Å². The molecule has 0 bridgehead atoms. The molecule has 0 fully saturated rings. The van der Waals surface area contributed by atoms with E-state index in [4.69, 9.17) is 15.9 Å². The van der Waals surface area contributed by atoms with Gasteiger partial charge in [-0.2, -0.15) is 0 Å². The highest BCUT2D eigenvalue weighted by Gasteiger charge is 1.97. The van der Waals surface area contributed by atoms with E-state index in [0.29, 0.717) is 0 Å². The number of allylic oxidation sites excluding steroid dienone is 6. The highest BCUT2D eigenvalue weighted by molar-refractivity contribution is 5.27. The first-order valence-corrected chi connectivity index (χ1v) is 7.32. The fourth-order valence-electron chi connectivity index (χ4n) is 1.85. The molecule has 1 aromatic rings. The Morgan fingerprint density at radius 3 is 2.52 bits per heavy atom. The minimum atomic E-state index is -0.458. The zero-order chi connectivity index (χ0) is 15.5. The maximum absolute atomic E-state index is 9.03. The number of nitrogens with two attached hydrogens (primary N) is 1. The van der Waals surface area contributed by atoms with Gasteiger partial charge in [-0.1, -0.05) is 42.5 Å². The van der Waals surface area contributed by atoms with Crippen LogP contribution in [-0.4, -0.2) is 16.8 Å². The van der Waals surface area contributed by atoms with Crippen LogP contribution in [0.1, 0.15) is 37.9 Å². The van der Waals surface area contributed by atoms with Crippen molar-refractivity contribution in [2.45, 2.75) is 32.3 Å². The molecule has 0 radical (unpaired) electrons. The topological polar surface area (TPSA) is 66.5 Å². The number of hydrogen-bond donors (Lipinski definition) is 3. The summed E-state index contributed by atoms with van der Waals surface area (Å²) in [6.45, 7) is 2.47. The van der Waals surface area contributed by atoms with Crippen LogP contribution in [0.15, 0.2) is 60.2 Å². The Bertz CT molecular complexity index is 484. The van der Waals surface area contributed by atoms with E-state index in [1.165, 1.54) is 5.57 Å². The monoisotopic (exact) mass is 287 g/mol. The Morgan fingerprint density at radius 1 is 1.19 bits per heavy atom. The molecule has 0 saturated heterocycles. The Kier molecular flexibility index (Phi) is 8.17. The van der Waals surface area contributed by atoms with Gasteiger partial charge < -0.3 is 15.9 Å². The van der Waals surface area contributed by atoms with Crippen LogP contribution in [0.25, 0.3) is 0 Å². The van der Waals surface area contributed by atoms with E-state index < -0.39 is 6.10 Å². The summed E-state index contributed by atoms with van der Waals surface area (Å²) in [6, 6.07) is 6.50. The minimum Gasteiger partial charge on any atom is -0.508 e. The minimum absolute atomic E-state index is 0.226. The molecule has 2 rings (SSSR count). The van der Waals surface area contributed by atoms with Gasteiger partial charge in [0.15, 0.2) is 0 Å². The normalized spacial score (nSPS) is 14.7. The van der Waals surface area contributed by atoms with Gasteiger partial charge >= 0.3 is 0 Å². The third kappa shape index (κ3) is 7.49. The summed E-state index contributed by atoms with van der Waals surface area (Å²) in [5, 5.41) is 17.9. The van der Waals surface area contributed by atoms with Gasteiger partial charge in [0.25, 0.3) is 0 Å². The molecule has 1 aliphatic rings. The van der Waals surface area contributed by atoms with E-state index in [1.807, 2.05) is 0 Å². The van der Waals surface area contributed by atoms with Gasteiger partial charge in [-0.05, 0) is 56.0 Å². The number of phenols is 1. The van der Waals surface area contributed by atoms with Gasteiger partial charge in [0.1, 0.15) is 5.75 Å². The number of aliphatic hydroxyl groups is 1. The van der Waals surface area contributed by atoms with Crippen LogP contribution < -0.4 is 5.73 Å². The predicted molar refractivity (Wildman–Crippen MR) is 88.0 cm³/mol. The second kappa shape index (κ2) is 9.97. The van der Waals surface area contributed by atoms with E-state index >= 15 is 0 Å². The number of benzene rings is 1. The number of aliphatic hydroxyl groups excluding tert-OH is 1. The summed E-state index contributed by atoms with van der Waals surface area (Å²) in [4.78, 5) is 0. The summed E-state index contributed by atoms with van der Waals surface area (Å²) in [5.41, 5.74) is 7.63. The fraction of sp³-hybridized carbons (Fsp3) is 0.333. The maximum atomic E-state index is 9.03. The lowest BCUT2D eigenvalue weighted by Gasteiger charge is -2.02. The van der Waals surface area contributed by atoms with E-state index in [0.717, 1.165) is 31.4 Å². The van der Waals surface area contributed by atoms with Crippen molar-refractivity contribution in [1.29, 1.82) is 0 Å². The van der Waals surface area contributed by atoms with Gasteiger partial charge in [-0.25, -0.2) is 0 Å². The molecule has 1 aliphatic carbocycles. The first kappa shape index (κ1) is 17.2. The lowest BCUT2D eigenvalue weighted by atomic mass is 10.1. The molecular weight excluding hydrogens is 262 g/mol. The van der Waals surface area contributed by atoms with Gasteiger partial charge in [-0.3, -0.25) is 0 Å². The molecule has 0 amide bonds. The van der Waals surface area contributed by atoms with E-state index in [-0.39, 0.29) is 5.75 Å². The molecule has 1 aromatic carbocycles. The maximum Gasteiger partial charge on any atom is 0.115 e. The molecule has 0 aromatic heterocycles. The molecule has 114 valence electrons. The standard InChI is InChI=1S/C10H15N.C8H10O2/c11-9-5-8-10-6-3-1-2-4-7-10;1-6(9)7-2-4-8(10)5-3-7/h1,3-4,6-7H,2,5,8-9,11H2;2-6,9-10H,1H3. The average molecular weight is 287 g/mol. The van der Waals surface area contributed by atoms with Crippen LogP contribution in [0.4, 0.5) is 0 Å². The number of rotatable bonds is 4. The molecular formula is C18H25NO2. The van der Waals surface area contributed by atoms with E-state index in [2.05, 4.69) is 30.4 Å². The number of hydrogen-bond acceptors (Lipinski definition) is 3. The molecule has 3 nitrogen and oxygen atoms in total. The zero-order valence-corrected chi connectivity index (χ0v) is 12.6. The lowest BCUT2D eigenvalue weighted by Crippen LogP contribution is -1.98. The van der Waals surface area contributed by atoms with Crippen molar-refractivity contribution >= 4 is 0 Å². The van der Waals surface area contributed by atoms with Crippen LogP contribution in [0.3, 0.4) is 0 Å². The van der Waals surface area contributed by atoms with Gasteiger partial charge in [0.2, 0.25) is 0 Å². The third-order valence-corrected chi connectivity index (χ3v) is 3.10. The highest BCUT2D eigenvalue weighted by atomic mass is 16.3. The van der Waals surface area contributed by atoms with E-state index in [1.54, 1.807) is 31.2 Å². The Balaban J connectivity index is 0.000000211. The first-order valence-electron chi connectivity index (χ1n) is 7.32.